The van der Waals surface area contributed by atoms with Crippen LogP contribution < -0.4 is 10.6 Å². The molecule has 7 heteroatoms. The van der Waals surface area contributed by atoms with Crippen LogP contribution in [-0.2, 0) is 24.2 Å². The molecule has 3 aromatic carbocycles. The number of nitrogens with one attached hydrogen (secondary N) is 2. The molecule has 0 aliphatic rings. The number of amides is 1. The minimum atomic E-state index is -0.959. The zero-order valence-electron chi connectivity index (χ0n) is 19.4. The number of carbonyl (C=O) groups is 1. The topological polar surface area (TPSA) is 61.4 Å². The average Bonchev–Trinajstić information content (AvgIpc) is 2.79. The summed E-state index contributed by atoms with van der Waals surface area (Å²) < 4.78 is 27.4. The monoisotopic (exact) mass is 484 g/mol. The molecule has 0 saturated heterocycles. The lowest BCUT2D eigenvalue weighted by Crippen LogP contribution is -2.49. The molecule has 3 aromatic rings. The molecule has 2 atom stereocenters. The van der Waals surface area contributed by atoms with Crippen molar-refractivity contribution < 1.29 is 18.7 Å². The van der Waals surface area contributed by atoms with Gasteiger partial charge in [-0.05, 0) is 60.6 Å². The van der Waals surface area contributed by atoms with Crippen molar-refractivity contribution in [2.45, 2.75) is 43.4 Å². The molecule has 0 aromatic heterocycles. The maximum absolute atomic E-state index is 13.7. The van der Waals surface area contributed by atoms with E-state index in [1.807, 2.05) is 61.7 Å². The van der Waals surface area contributed by atoms with Crippen molar-refractivity contribution in [1.82, 2.24) is 10.6 Å². The molecule has 0 unspecified atom stereocenters. The molecule has 180 valence electrons. The van der Waals surface area contributed by atoms with Gasteiger partial charge in [-0.1, -0.05) is 42.0 Å². The van der Waals surface area contributed by atoms with E-state index in [-0.39, 0.29) is 25.3 Å². The van der Waals surface area contributed by atoms with E-state index < -0.39 is 23.8 Å². The summed E-state index contributed by atoms with van der Waals surface area (Å²) in [5.41, 5.74) is 3.44. The van der Waals surface area contributed by atoms with E-state index in [0.29, 0.717) is 12.1 Å². The molecule has 0 spiro atoms. The maximum Gasteiger partial charge on any atom is 0.224 e. The quantitative estimate of drug-likeness (QED) is 0.353. The fourth-order valence-corrected chi connectivity index (χ4v) is 4.07. The molecular weight excluding hydrogens is 454 g/mol. The summed E-state index contributed by atoms with van der Waals surface area (Å²) in [7, 11) is 0. The van der Waals surface area contributed by atoms with Gasteiger partial charge in [0, 0.05) is 24.1 Å². The average molecular weight is 485 g/mol. The molecule has 0 fully saturated rings. The Labute approximate surface area is 203 Å². The van der Waals surface area contributed by atoms with Crippen LogP contribution in [0.25, 0.3) is 0 Å². The van der Waals surface area contributed by atoms with Gasteiger partial charge in [0.25, 0.3) is 0 Å². The summed E-state index contributed by atoms with van der Waals surface area (Å²) in [5, 5.41) is 16.9. The zero-order valence-corrected chi connectivity index (χ0v) is 20.2. The molecule has 0 aliphatic carbocycles. The van der Waals surface area contributed by atoms with Crippen LogP contribution in [0.15, 0.2) is 71.6 Å². The number of halogens is 2. The molecule has 0 bridgehead atoms. The number of carbonyl (C=O) groups excluding carboxylic acids is 1. The summed E-state index contributed by atoms with van der Waals surface area (Å²) in [5.74, 6) is -1.65. The van der Waals surface area contributed by atoms with Crippen LogP contribution >= 0.6 is 11.8 Å². The van der Waals surface area contributed by atoms with Crippen molar-refractivity contribution in [3.05, 3.63) is 101 Å². The number of hydrogen-bond donors (Lipinski definition) is 3. The molecule has 0 aliphatic heterocycles. The summed E-state index contributed by atoms with van der Waals surface area (Å²) >= 11 is 1.62. The minimum absolute atomic E-state index is 0.0964. The van der Waals surface area contributed by atoms with Crippen molar-refractivity contribution in [3.63, 3.8) is 0 Å². The van der Waals surface area contributed by atoms with Gasteiger partial charge in [0.1, 0.15) is 11.6 Å². The third-order valence-corrected chi connectivity index (χ3v) is 6.26. The molecule has 3 N–H and O–H groups in total. The molecular formula is C27H30F2N2O2S. The highest BCUT2D eigenvalue weighted by atomic mass is 32.2. The number of thioether (sulfide) groups is 1. The summed E-state index contributed by atoms with van der Waals surface area (Å²) in [6, 6.07) is 18.2. The Morgan fingerprint density at radius 1 is 0.941 bits per heavy atom. The van der Waals surface area contributed by atoms with Crippen molar-refractivity contribution in [2.24, 2.45) is 0 Å². The Morgan fingerprint density at radius 2 is 1.56 bits per heavy atom. The third kappa shape index (κ3) is 8.24. The first-order valence-electron chi connectivity index (χ1n) is 11.1. The number of aryl methyl sites for hydroxylation is 1. The van der Waals surface area contributed by atoms with Gasteiger partial charge in [0.15, 0.2) is 0 Å². The van der Waals surface area contributed by atoms with Gasteiger partial charge in [0.05, 0.1) is 18.6 Å². The fraction of sp³-hybridized carbons (Fsp3) is 0.296. The Bertz CT molecular complexity index is 1050. The van der Waals surface area contributed by atoms with Gasteiger partial charge >= 0.3 is 0 Å². The Hall–Kier alpha value is -2.74. The largest absolute Gasteiger partial charge is 0.390 e. The van der Waals surface area contributed by atoms with Crippen LogP contribution in [0.2, 0.25) is 0 Å². The van der Waals surface area contributed by atoms with Crippen LogP contribution in [0, 0.1) is 18.6 Å². The van der Waals surface area contributed by atoms with Crippen LogP contribution in [0.4, 0.5) is 8.78 Å². The zero-order chi connectivity index (χ0) is 24.5. The molecule has 0 radical (unpaired) electrons. The van der Waals surface area contributed by atoms with Crippen LogP contribution in [-0.4, -0.2) is 36.0 Å². The molecule has 0 heterocycles. The van der Waals surface area contributed by atoms with Gasteiger partial charge in [0.2, 0.25) is 5.91 Å². The summed E-state index contributed by atoms with van der Waals surface area (Å²) in [4.78, 5) is 13.8. The number of benzene rings is 3. The van der Waals surface area contributed by atoms with Gasteiger partial charge < -0.3 is 15.7 Å². The second kappa shape index (κ2) is 12.6. The van der Waals surface area contributed by atoms with Gasteiger partial charge in [-0.3, -0.25) is 4.79 Å². The van der Waals surface area contributed by atoms with Gasteiger partial charge in [-0.2, -0.15) is 0 Å². The molecule has 0 saturated carbocycles. The van der Waals surface area contributed by atoms with Gasteiger partial charge in [-0.15, -0.1) is 11.8 Å². The van der Waals surface area contributed by atoms with E-state index in [0.717, 1.165) is 27.7 Å². The lowest BCUT2D eigenvalue weighted by atomic mass is 10.00. The standard InChI is InChI=1S/C27H30F2N2O2S/c1-18-3-5-20(6-4-18)16-30-17-26(32)25(13-21-11-22(28)15-23(29)12-21)31-27(33)14-19-7-9-24(34-2)10-8-19/h3-12,15,25-26,30,32H,13-14,16-17H2,1-2H3,(H,31,33)/t25-,26-/m0/s1. The van der Waals surface area contributed by atoms with Crippen LogP contribution in [0.3, 0.4) is 0 Å². The van der Waals surface area contributed by atoms with E-state index in [9.17, 15) is 18.7 Å². The highest BCUT2D eigenvalue weighted by Crippen LogP contribution is 2.16. The van der Waals surface area contributed by atoms with Crippen molar-refractivity contribution in [1.29, 1.82) is 0 Å². The predicted octanol–water partition coefficient (Wildman–Crippen LogP) is 4.42. The van der Waals surface area contributed by atoms with E-state index in [4.69, 9.17) is 0 Å². The Kier molecular flexibility index (Phi) is 9.62. The van der Waals surface area contributed by atoms with Crippen molar-refractivity contribution in [3.8, 4) is 0 Å². The van der Waals surface area contributed by atoms with E-state index >= 15 is 0 Å². The first-order valence-corrected chi connectivity index (χ1v) is 12.4. The molecule has 4 nitrogen and oxygen atoms in total. The SMILES string of the molecule is CSc1ccc(CC(=O)N[C@@H](Cc2cc(F)cc(F)c2)[C@@H](O)CNCc2ccc(C)cc2)cc1. The second-order valence-corrected chi connectivity index (χ2v) is 9.24. The normalized spacial score (nSPS) is 12.9. The number of hydrogen-bond acceptors (Lipinski definition) is 4. The summed E-state index contributed by atoms with van der Waals surface area (Å²) in [6.45, 7) is 2.77. The lowest BCUT2D eigenvalue weighted by Gasteiger charge is -2.25. The highest BCUT2D eigenvalue weighted by molar-refractivity contribution is 7.98. The third-order valence-electron chi connectivity index (χ3n) is 5.52. The Balaban J connectivity index is 1.65. The van der Waals surface area contributed by atoms with Gasteiger partial charge in [-0.25, -0.2) is 8.78 Å². The number of aliphatic hydroxyl groups excluding tert-OH is 1. The van der Waals surface area contributed by atoms with E-state index in [2.05, 4.69) is 10.6 Å². The summed E-state index contributed by atoms with van der Waals surface area (Å²) in [6.07, 6.45) is 1.26. The first kappa shape index (κ1) is 25.9. The minimum Gasteiger partial charge on any atom is -0.390 e. The second-order valence-electron chi connectivity index (χ2n) is 8.36. The first-order chi connectivity index (χ1) is 16.3. The smallest absolute Gasteiger partial charge is 0.224 e. The van der Waals surface area contributed by atoms with Crippen molar-refractivity contribution in [2.75, 3.05) is 12.8 Å². The predicted molar refractivity (Wildman–Crippen MR) is 133 cm³/mol. The fourth-order valence-electron chi connectivity index (χ4n) is 3.67. The maximum atomic E-state index is 13.7. The molecule has 1 amide bonds. The van der Waals surface area contributed by atoms with Crippen molar-refractivity contribution >= 4 is 17.7 Å². The highest BCUT2D eigenvalue weighted by Gasteiger charge is 2.22. The molecule has 3 rings (SSSR count). The number of rotatable bonds is 11. The van der Waals surface area contributed by atoms with Crippen LogP contribution in [0.1, 0.15) is 22.3 Å². The molecule has 34 heavy (non-hydrogen) atoms. The van der Waals surface area contributed by atoms with E-state index in [1.54, 1.807) is 11.8 Å². The van der Waals surface area contributed by atoms with E-state index in [1.165, 1.54) is 12.1 Å². The number of aliphatic hydroxyl groups is 1. The Morgan fingerprint density at radius 3 is 2.18 bits per heavy atom. The van der Waals surface area contributed by atoms with Crippen LogP contribution in [0.5, 0.6) is 0 Å². The lowest BCUT2D eigenvalue weighted by molar-refractivity contribution is -0.122.